The Balaban J connectivity index is 1.53. The lowest BCUT2D eigenvalue weighted by molar-refractivity contribution is 0.631. The third-order valence-electron chi connectivity index (χ3n) is 5.16. The maximum Gasteiger partial charge on any atom is 0.159 e. The Kier molecular flexibility index (Phi) is 3.82. The van der Waals surface area contributed by atoms with Crippen molar-refractivity contribution in [2.24, 2.45) is 0 Å². The highest BCUT2D eigenvalue weighted by atomic mass is 19.1. The molecule has 0 amide bonds. The summed E-state index contributed by atoms with van der Waals surface area (Å²) in [5, 5.41) is 8.30. The predicted molar refractivity (Wildman–Crippen MR) is 115 cm³/mol. The first-order valence-electron chi connectivity index (χ1n) is 9.62. The van der Waals surface area contributed by atoms with Gasteiger partial charge < -0.3 is 4.98 Å². The van der Waals surface area contributed by atoms with Gasteiger partial charge in [-0.25, -0.2) is 9.37 Å². The van der Waals surface area contributed by atoms with Gasteiger partial charge in [0, 0.05) is 28.9 Å². The summed E-state index contributed by atoms with van der Waals surface area (Å²) in [5.41, 5.74) is 5.33. The van der Waals surface area contributed by atoms with Crippen molar-refractivity contribution in [1.29, 1.82) is 0 Å². The third kappa shape index (κ3) is 2.84. The number of nitrogens with zero attached hydrogens (tertiary/aromatic N) is 5. The SMILES string of the molecule is Fc1ccccc1-c1cncc2[nH]c(-c3n[nH]c4cnc(-c5ccccn5)cc34)nc12. The van der Waals surface area contributed by atoms with E-state index >= 15 is 0 Å². The number of hydrogen-bond donors (Lipinski definition) is 2. The van der Waals surface area contributed by atoms with Crippen LogP contribution in [0.3, 0.4) is 0 Å². The molecule has 8 heteroatoms. The number of aromatic nitrogens is 7. The first-order chi connectivity index (χ1) is 15.3. The van der Waals surface area contributed by atoms with Crippen LogP contribution in [0.4, 0.5) is 4.39 Å². The van der Waals surface area contributed by atoms with Crippen molar-refractivity contribution in [3.05, 3.63) is 79.1 Å². The molecule has 6 rings (SSSR count). The maximum absolute atomic E-state index is 14.4. The monoisotopic (exact) mass is 407 g/mol. The summed E-state index contributed by atoms with van der Waals surface area (Å²) in [6.45, 7) is 0. The number of benzene rings is 1. The predicted octanol–water partition coefficient (Wildman–Crippen LogP) is 4.76. The summed E-state index contributed by atoms with van der Waals surface area (Å²) in [6.07, 6.45) is 6.75. The average Bonchev–Trinajstić information content (AvgIpc) is 3.43. The van der Waals surface area contributed by atoms with E-state index in [1.54, 1.807) is 43.0 Å². The van der Waals surface area contributed by atoms with Crippen LogP contribution in [0, 0.1) is 5.82 Å². The van der Waals surface area contributed by atoms with Crippen LogP contribution in [-0.4, -0.2) is 35.1 Å². The molecule has 0 spiro atoms. The van der Waals surface area contributed by atoms with Gasteiger partial charge in [-0.05, 0) is 24.3 Å². The van der Waals surface area contributed by atoms with E-state index in [2.05, 4.69) is 30.1 Å². The minimum absolute atomic E-state index is 0.322. The smallest absolute Gasteiger partial charge is 0.159 e. The van der Waals surface area contributed by atoms with E-state index in [0.717, 1.165) is 22.3 Å². The highest BCUT2D eigenvalue weighted by Gasteiger charge is 2.17. The molecule has 0 fully saturated rings. The second kappa shape index (κ2) is 6.81. The van der Waals surface area contributed by atoms with Crippen molar-refractivity contribution in [2.45, 2.75) is 0 Å². The Morgan fingerprint density at radius 3 is 2.58 bits per heavy atom. The molecule has 0 radical (unpaired) electrons. The Morgan fingerprint density at radius 2 is 1.71 bits per heavy atom. The van der Waals surface area contributed by atoms with Gasteiger partial charge in [-0.3, -0.25) is 20.1 Å². The molecular weight excluding hydrogens is 393 g/mol. The standard InChI is InChI=1S/C23H14FN7/c24-16-6-2-1-5-13(16)15-10-25-11-20-21(15)29-23(28-20)22-14-9-18(17-7-3-4-8-26-17)27-12-19(14)30-31-22/h1-12H,(H,28,29)(H,30,31). The molecular formula is C23H14FN7. The lowest BCUT2D eigenvalue weighted by atomic mass is 10.1. The first kappa shape index (κ1) is 17.4. The summed E-state index contributed by atoms with van der Waals surface area (Å²) < 4.78 is 14.4. The van der Waals surface area contributed by atoms with Crippen LogP contribution < -0.4 is 0 Å². The van der Waals surface area contributed by atoms with Crippen molar-refractivity contribution >= 4 is 21.9 Å². The zero-order valence-corrected chi connectivity index (χ0v) is 16.0. The van der Waals surface area contributed by atoms with Gasteiger partial charge in [0.25, 0.3) is 0 Å². The number of nitrogens with one attached hydrogen (secondary N) is 2. The molecule has 6 aromatic rings. The van der Waals surface area contributed by atoms with Gasteiger partial charge in [0.15, 0.2) is 5.82 Å². The molecule has 0 aliphatic rings. The zero-order valence-electron chi connectivity index (χ0n) is 16.0. The Labute approximate surface area is 175 Å². The highest BCUT2D eigenvalue weighted by molar-refractivity contribution is 5.97. The van der Waals surface area contributed by atoms with Crippen molar-refractivity contribution < 1.29 is 4.39 Å². The van der Waals surface area contributed by atoms with Gasteiger partial charge >= 0.3 is 0 Å². The topological polar surface area (TPSA) is 96.0 Å². The van der Waals surface area contributed by atoms with Crippen molar-refractivity contribution in [3.8, 4) is 34.0 Å². The van der Waals surface area contributed by atoms with Crippen LogP contribution in [0.15, 0.2) is 73.3 Å². The summed E-state index contributed by atoms with van der Waals surface area (Å²) in [7, 11) is 0. The Hall–Kier alpha value is -4.46. The lowest BCUT2D eigenvalue weighted by Crippen LogP contribution is -1.87. The van der Waals surface area contributed by atoms with Gasteiger partial charge in [-0.15, -0.1) is 0 Å². The van der Waals surface area contributed by atoms with Crippen molar-refractivity contribution in [3.63, 3.8) is 0 Å². The fourth-order valence-corrected chi connectivity index (χ4v) is 3.67. The van der Waals surface area contributed by atoms with E-state index in [4.69, 9.17) is 4.98 Å². The zero-order chi connectivity index (χ0) is 20.8. The van der Waals surface area contributed by atoms with Crippen molar-refractivity contribution in [1.82, 2.24) is 35.1 Å². The van der Waals surface area contributed by atoms with Crippen LogP contribution in [0.1, 0.15) is 0 Å². The molecule has 7 nitrogen and oxygen atoms in total. The largest absolute Gasteiger partial charge is 0.335 e. The second-order valence-corrected chi connectivity index (χ2v) is 7.05. The molecule has 0 bridgehead atoms. The third-order valence-corrected chi connectivity index (χ3v) is 5.16. The average molecular weight is 407 g/mol. The molecule has 0 saturated heterocycles. The number of fused-ring (bicyclic) bond motifs is 2. The minimum Gasteiger partial charge on any atom is -0.335 e. The molecule has 0 unspecified atom stereocenters. The maximum atomic E-state index is 14.4. The number of pyridine rings is 3. The van der Waals surface area contributed by atoms with E-state index < -0.39 is 0 Å². The van der Waals surface area contributed by atoms with E-state index in [-0.39, 0.29) is 5.82 Å². The molecule has 0 aliphatic heterocycles. The fraction of sp³-hybridized carbons (Fsp3) is 0. The molecule has 31 heavy (non-hydrogen) atoms. The summed E-state index contributed by atoms with van der Waals surface area (Å²) in [5.74, 6) is 0.239. The highest BCUT2D eigenvalue weighted by Crippen LogP contribution is 2.32. The van der Waals surface area contributed by atoms with Gasteiger partial charge in [0.05, 0.1) is 34.8 Å². The Morgan fingerprint density at radius 1 is 0.806 bits per heavy atom. The quantitative estimate of drug-likeness (QED) is 0.441. The number of hydrogen-bond acceptors (Lipinski definition) is 5. The summed E-state index contributed by atoms with van der Waals surface area (Å²) >= 11 is 0. The molecule has 5 aromatic heterocycles. The molecule has 1 aromatic carbocycles. The molecule has 5 heterocycles. The van der Waals surface area contributed by atoms with E-state index in [1.807, 2.05) is 24.3 Å². The molecule has 148 valence electrons. The summed E-state index contributed by atoms with van der Waals surface area (Å²) in [6, 6.07) is 14.2. The fourth-order valence-electron chi connectivity index (χ4n) is 3.67. The number of halogens is 1. The molecule has 0 saturated carbocycles. The normalized spacial score (nSPS) is 11.4. The molecule has 0 atom stereocenters. The van der Waals surface area contributed by atoms with E-state index in [0.29, 0.717) is 33.7 Å². The molecule has 0 aliphatic carbocycles. The van der Waals surface area contributed by atoms with E-state index in [9.17, 15) is 4.39 Å². The van der Waals surface area contributed by atoms with Gasteiger partial charge in [-0.1, -0.05) is 24.3 Å². The van der Waals surface area contributed by atoms with Crippen LogP contribution in [0.2, 0.25) is 0 Å². The number of H-pyrrole nitrogens is 2. The molecule has 2 N–H and O–H groups in total. The van der Waals surface area contributed by atoms with Gasteiger partial charge in [0.1, 0.15) is 17.0 Å². The number of aromatic amines is 2. The van der Waals surface area contributed by atoms with E-state index in [1.165, 1.54) is 6.07 Å². The van der Waals surface area contributed by atoms with Crippen molar-refractivity contribution in [2.75, 3.05) is 0 Å². The van der Waals surface area contributed by atoms with Gasteiger partial charge in [-0.2, -0.15) is 5.10 Å². The van der Waals surface area contributed by atoms with Crippen LogP contribution in [0.25, 0.3) is 56.0 Å². The van der Waals surface area contributed by atoms with Crippen LogP contribution in [-0.2, 0) is 0 Å². The van der Waals surface area contributed by atoms with Crippen LogP contribution in [0.5, 0.6) is 0 Å². The second-order valence-electron chi connectivity index (χ2n) is 7.05. The van der Waals surface area contributed by atoms with Crippen LogP contribution >= 0.6 is 0 Å². The van der Waals surface area contributed by atoms with Gasteiger partial charge in [0.2, 0.25) is 0 Å². The summed E-state index contributed by atoms with van der Waals surface area (Å²) in [4.78, 5) is 21.1. The Bertz CT molecular complexity index is 1550. The first-order valence-corrected chi connectivity index (χ1v) is 9.62. The lowest BCUT2D eigenvalue weighted by Gasteiger charge is -2.03. The number of rotatable bonds is 3. The minimum atomic E-state index is -0.322. The number of imidazole rings is 1.